The van der Waals surface area contributed by atoms with Gasteiger partial charge in [-0.2, -0.15) is 0 Å². The van der Waals surface area contributed by atoms with Gasteiger partial charge < -0.3 is 5.11 Å². The summed E-state index contributed by atoms with van der Waals surface area (Å²) < 4.78 is 42.2. The second kappa shape index (κ2) is 8.03. The van der Waals surface area contributed by atoms with Crippen molar-refractivity contribution in [2.75, 3.05) is 4.90 Å². The van der Waals surface area contributed by atoms with E-state index >= 15 is 0 Å². The van der Waals surface area contributed by atoms with Crippen molar-refractivity contribution in [3.8, 4) is 0 Å². The van der Waals surface area contributed by atoms with Crippen LogP contribution < -0.4 is 4.90 Å². The van der Waals surface area contributed by atoms with Crippen molar-refractivity contribution in [1.29, 1.82) is 0 Å². The van der Waals surface area contributed by atoms with Gasteiger partial charge >= 0.3 is 0 Å². The van der Waals surface area contributed by atoms with E-state index in [2.05, 4.69) is 15.9 Å². The molecule has 1 N–H and O–H groups in total. The predicted octanol–water partition coefficient (Wildman–Crippen LogP) is 5.49. The van der Waals surface area contributed by atoms with Gasteiger partial charge in [-0.15, -0.1) is 0 Å². The molecule has 8 heteroatoms. The van der Waals surface area contributed by atoms with Crippen molar-refractivity contribution in [2.45, 2.75) is 6.04 Å². The Morgan fingerprint density at radius 3 is 2.10 bits per heavy atom. The second-order valence-electron chi connectivity index (χ2n) is 6.82. The van der Waals surface area contributed by atoms with Crippen molar-refractivity contribution >= 4 is 39.1 Å². The minimum Gasteiger partial charge on any atom is -0.507 e. The third-order valence-corrected chi connectivity index (χ3v) is 5.45. The van der Waals surface area contributed by atoms with Crippen molar-refractivity contribution < 1.29 is 27.9 Å². The zero-order valence-corrected chi connectivity index (χ0v) is 17.2. The summed E-state index contributed by atoms with van der Waals surface area (Å²) in [7, 11) is 0. The molecule has 1 amide bonds. The van der Waals surface area contributed by atoms with Crippen molar-refractivity contribution in [2.24, 2.45) is 0 Å². The lowest BCUT2D eigenvalue weighted by Crippen LogP contribution is -2.30. The summed E-state index contributed by atoms with van der Waals surface area (Å²) in [5, 5.41) is 10.9. The molecule has 1 fully saturated rings. The van der Waals surface area contributed by atoms with E-state index in [0.717, 1.165) is 33.6 Å². The molecule has 0 bridgehead atoms. The van der Waals surface area contributed by atoms with Crippen LogP contribution in [0.4, 0.5) is 18.9 Å². The smallest absolute Gasteiger partial charge is 0.300 e. The zero-order valence-electron chi connectivity index (χ0n) is 15.7. The highest BCUT2D eigenvalue weighted by atomic mass is 79.9. The Bertz CT molecular complexity index is 1220. The van der Waals surface area contributed by atoms with Gasteiger partial charge in [0.2, 0.25) is 0 Å². The third-order valence-electron chi connectivity index (χ3n) is 4.92. The number of benzene rings is 3. The topological polar surface area (TPSA) is 57.6 Å². The van der Waals surface area contributed by atoms with Gasteiger partial charge in [0.1, 0.15) is 23.2 Å². The molecule has 3 aromatic rings. The molecular weight excluding hydrogens is 475 g/mol. The van der Waals surface area contributed by atoms with Gasteiger partial charge in [-0.3, -0.25) is 14.5 Å². The van der Waals surface area contributed by atoms with Crippen LogP contribution in [-0.2, 0) is 9.59 Å². The van der Waals surface area contributed by atoms with E-state index in [-0.39, 0.29) is 22.4 Å². The van der Waals surface area contributed by atoms with Crippen molar-refractivity contribution in [3.63, 3.8) is 0 Å². The van der Waals surface area contributed by atoms with Crippen LogP contribution in [0.2, 0.25) is 0 Å². The number of hydrogen-bond donors (Lipinski definition) is 1. The first-order valence-corrected chi connectivity index (χ1v) is 9.84. The quantitative estimate of drug-likeness (QED) is 0.301. The Kier molecular flexibility index (Phi) is 5.41. The lowest BCUT2D eigenvalue weighted by Gasteiger charge is -2.25. The molecule has 31 heavy (non-hydrogen) atoms. The maximum absolute atomic E-state index is 14.6. The fourth-order valence-electron chi connectivity index (χ4n) is 3.48. The number of hydrogen-bond acceptors (Lipinski definition) is 3. The Morgan fingerprint density at radius 1 is 0.871 bits per heavy atom. The fourth-order valence-corrected chi connectivity index (χ4v) is 3.75. The summed E-state index contributed by atoms with van der Waals surface area (Å²) in [5.41, 5.74) is -0.105. The molecule has 0 aliphatic carbocycles. The molecule has 1 aliphatic rings. The number of aliphatic hydroxyl groups excluding tert-OH is 1. The largest absolute Gasteiger partial charge is 0.507 e. The lowest BCUT2D eigenvalue weighted by molar-refractivity contribution is -0.132. The highest BCUT2D eigenvalue weighted by Crippen LogP contribution is 2.43. The number of aliphatic hydroxyl groups is 1. The number of rotatable bonds is 3. The molecule has 1 aliphatic heterocycles. The van der Waals surface area contributed by atoms with Gasteiger partial charge in [0.15, 0.2) is 0 Å². The number of amides is 1. The number of halogens is 4. The first-order chi connectivity index (χ1) is 14.8. The molecule has 0 spiro atoms. The number of anilines is 1. The van der Waals surface area contributed by atoms with E-state index in [0.29, 0.717) is 6.07 Å². The zero-order chi connectivity index (χ0) is 22.3. The molecular formula is C23H13BrF3NO3. The van der Waals surface area contributed by atoms with Gasteiger partial charge in [0.05, 0.1) is 17.3 Å². The molecule has 0 radical (unpaired) electrons. The summed E-state index contributed by atoms with van der Waals surface area (Å²) in [5.74, 6) is -5.08. The first kappa shape index (κ1) is 20.9. The summed E-state index contributed by atoms with van der Waals surface area (Å²) in [6.07, 6.45) is 0. The van der Waals surface area contributed by atoms with Crippen molar-refractivity contribution in [3.05, 3.63) is 105 Å². The number of carbonyl (C=O) groups is 2. The number of nitrogens with zero attached hydrogens (tertiary/aromatic N) is 1. The van der Waals surface area contributed by atoms with Crippen LogP contribution in [0.5, 0.6) is 0 Å². The maximum atomic E-state index is 14.6. The number of Topliss-reactive ketones (excluding diaryl/α,β-unsaturated/α-hetero) is 1. The van der Waals surface area contributed by atoms with Crippen LogP contribution in [0.15, 0.2) is 76.8 Å². The summed E-state index contributed by atoms with van der Waals surface area (Å²) in [6.45, 7) is 0. The molecule has 1 unspecified atom stereocenters. The van der Waals surface area contributed by atoms with Gasteiger partial charge in [-0.1, -0.05) is 40.2 Å². The van der Waals surface area contributed by atoms with Gasteiger partial charge in [0, 0.05) is 16.1 Å². The Hall–Kier alpha value is -3.39. The van der Waals surface area contributed by atoms with E-state index < -0.39 is 40.9 Å². The maximum Gasteiger partial charge on any atom is 0.300 e. The van der Waals surface area contributed by atoms with E-state index in [1.807, 2.05) is 0 Å². The number of carbonyl (C=O) groups excluding carboxylic acids is 2. The summed E-state index contributed by atoms with van der Waals surface area (Å²) >= 11 is 3.27. The van der Waals surface area contributed by atoms with E-state index in [1.165, 1.54) is 24.3 Å². The SMILES string of the molecule is O=C1C(=O)N(c2ccc(F)cc2F)C(c2ccc(F)cc2)/C1=C(\O)c1ccc(Br)cc1. The van der Waals surface area contributed by atoms with Crippen LogP contribution in [-0.4, -0.2) is 16.8 Å². The molecule has 4 nitrogen and oxygen atoms in total. The minimum absolute atomic E-state index is 0.257. The van der Waals surface area contributed by atoms with E-state index in [1.54, 1.807) is 12.1 Å². The van der Waals surface area contributed by atoms with E-state index in [9.17, 15) is 27.9 Å². The summed E-state index contributed by atoms with van der Waals surface area (Å²) in [6, 6.07) is 12.6. The highest BCUT2D eigenvalue weighted by Gasteiger charge is 2.47. The second-order valence-corrected chi connectivity index (χ2v) is 7.74. The van der Waals surface area contributed by atoms with E-state index in [4.69, 9.17) is 0 Å². The predicted molar refractivity (Wildman–Crippen MR) is 112 cm³/mol. The Morgan fingerprint density at radius 2 is 1.48 bits per heavy atom. The normalized spacial score (nSPS) is 17.9. The average molecular weight is 488 g/mol. The molecule has 1 saturated heterocycles. The molecule has 0 aromatic heterocycles. The molecule has 1 atom stereocenters. The van der Waals surface area contributed by atoms with Crippen LogP contribution in [0.1, 0.15) is 17.2 Å². The average Bonchev–Trinajstić information content (AvgIpc) is 3.00. The molecule has 156 valence electrons. The first-order valence-electron chi connectivity index (χ1n) is 9.05. The van der Waals surface area contributed by atoms with Crippen LogP contribution in [0.25, 0.3) is 5.76 Å². The minimum atomic E-state index is -1.25. The standard InChI is InChI=1S/C23H13BrF3NO3/c24-14-5-1-13(2-6-14)21(29)19-20(12-3-7-15(25)8-4-12)28(23(31)22(19)30)18-10-9-16(26)11-17(18)27/h1-11,20,29H/b21-19+. The molecule has 0 saturated carbocycles. The Labute approximate surface area is 183 Å². The van der Waals surface area contributed by atoms with Crippen molar-refractivity contribution in [1.82, 2.24) is 0 Å². The van der Waals surface area contributed by atoms with Gasteiger partial charge in [-0.05, 0) is 42.0 Å². The van der Waals surface area contributed by atoms with Gasteiger partial charge in [0.25, 0.3) is 11.7 Å². The van der Waals surface area contributed by atoms with Gasteiger partial charge in [-0.25, -0.2) is 13.2 Å². The number of ketones is 1. The van der Waals surface area contributed by atoms with Crippen LogP contribution in [0.3, 0.4) is 0 Å². The fraction of sp³-hybridized carbons (Fsp3) is 0.0435. The highest BCUT2D eigenvalue weighted by molar-refractivity contribution is 9.10. The third kappa shape index (κ3) is 3.74. The molecule has 1 heterocycles. The van der Waals surface area contributed by atoms with Crippen LogP contribution in [0, 0.1) is 17.5 Å². The molecule has 3 aromatic carbocycles. The monoisotopic (exact) mass is 487 g/mol. The molecule has 4 rings (SSSR count). The lowest BCUT2D eigenvalue weighted by atomic mass is 9.95. The van der Waals surface area contributed by atoms with Crippen LogP contribution >= 0.6 is 15.9 Å². The summed E-state index contributed by atoms with van der Waals surface area (Å²) in [4.78, 5) is 26.6. The Balaban J connectivity index is 1.96.